The summed E-state index contributed by atoms with van der Waals surface area (Å²) in [5.74, 6) is -2.14. The van der Waals surface area contributed by atoms with Gasteiger partial charge in [-0.3, -0.25) is 29.4 Å². The molecule has 1 aliphatic rings. The van der Waals surface area contributed by atoms with Crippen LogP contribution in [0.4, 0.5) is 11.4 Å². The van der Waals surface area contributed by atoms with Crippen molar-refractivity contribution in [3.05, 3.63) is 95.1 Å². The topological polar surface area (TPSA) is 168 Å². The molecule has 0 saturated carbocycles. The van der Waals surface area contributed by atoms with Gasteiger partial charge in [0, 0.05) is 48.6 Å². The fraction of sp³-hybridized carbons (Fsp3) is 0.214. The number of nitrogens with two attached hydrogens (primary N) is 2. The Bertz CT molecular complexity index is 1300. The van der Waals surface area contributed by atoms with Crippen LogP contribution in [0.25, 0.3) is 0 Å². The Labute approximate surface area is 220 Å². The minimum atomic E-state index is -1.07. The van der Waals surface area contributed by atoms with E-state index in [0.29, 0.717) is 23.4 Å². The van der Waals surface area contributed by atoms with E-state index in [0.717, 1.165) is 24.2 Å². The summed E-state index contributed by atoms with van der Waals surface area (Å²) in [6, 6.07) is 21.0. The van der Waals surface area contributed by atoms with Gasteiger partial charge in [0.25, 0.3) is 11.8 Å². The van der Waals surface area contributed by atoms with Crippen molar-refractivity contribution in [2.45, 2.75) is 19.4 Å². The summed E-state index contributed by atoms with van der Waals surface area (Å²) in [5.41, 5.74) is 15.3. The molecule has 4 rings (SSSR count). The highest BCUT2D eigenvalue weighted by Gasteiger charge is 2.20. The first-order valence-electron chi connectivity index (χ1n) is 12.1. The number of nitrogens with zero attached hydrogens (tertiary/aromatic N) is 1. The molecule has 0 aromatic heterocycles. The highest BCUT2D eigenvalue weighted by atomic mass is 16.4. The van der Waals surface area contributed by atoms with Gasteiger partial charge in [-0.1, -0.05) is 36.4 Å². The van der Waals surface area contributed by atoms with Gasteiger partial charge in [0.05, 0.1) is 0 Å². The Morgan fingerprint density at radius 3 is 2.37 bits per heavy atom. The van der Waals surface area contributed by atoms with Gasteiger partial charge in [0.1, 0.15) is 6.54 Å². The van der Waals surface area contributed by atoms with Crippen LogP contribution in [0.3, 0.4) is 0 Å². The number of rotatable bonds is 8. The lowest BCUT2D eigenvalue weighted by molar-refractivity contribution is -0.135. The number of carboxylic acids is 1. The lowest BCUT2D eigenvalue weighted by atomic mass is 10.1. The average molecular weight is 518 g/mol. The number of benzene rings is 3. The first-order chi connectivity index (χ1) is 18.3. The number of fused-ring (bicyclic) bond motifs is 1. The number of imide groups is 1. The van der Waals surface area contributed by atoms with Gasteiger partial charge in [0.2, 0.25) is 5.91 Å². The van der Waals surface area contributed by atoms with Crippen molar-refractivity contribution < 1.29 is 24.3 Å². The summed E-state index contributed by atoms with van der Waals surface area (Å²) in [6.45, 7) is 1.06. The number of amides is 3. The molecule has 1 heterocycles. The first-order valence-corrected chi connectivity index (χ1v) is 12.1. The number of hydrogen-bond acceptors (Lipinski definition) is 7. The second-order valence-electron chi connectivity index (χ2n) is 8.49. The number of nitrogens with one attached hydrogen (secondary N) is 2. The van der Waals surface area contributed by atoms with Crippen molar-refractivity contribution in [3.8, 4) is 0 Å². The maximum atomic E-state index is 12.5. The molecular weight excluding hydrogens is 486 g/mol. The molecule has 0 aliphatic carbocycles. The highest BCUT2D eigenvalue weighted by Crippen LogP contribution is 2.23. The van der Waals surface area contributed by atoms with Crippen molar-refractivity contribution in [3.63, 3.8) is 0 Å². The molecular formula is C28H31N5O5. The fourth-order valence-electron chi connectivity index (χ4n) is 3.83. The van der Waals surface area contributed by atoms with Gasteiger partial charge >= 0.3 is 5.97 Å². The van der Waals surface area contributed by atoms with E-state index in [4.69, 9.17) is 16.6 Å². The quantitative estimate of drug-likeness (QED) is 0.303. The number of anilines is 2. The van der Waals surface area contributed by atoms with Crippen LogP contribution in [0.5, 0.6) is 0 Å². The third kappa shape index (κ3) is 7.73. The van der Waals surface area contributed by atoms with E-state index in [1.165, 1.54) is 10.5 Å². The fourth-order valence-corrected chi connectivity index (χ4v) is 3.83. The van der Waals surface area contributed by atoms with Gasteiger partial charge in [-0.05, 0) is 53.9 Å². The van der Waals surface area contributed by atoms with E-state index < -0.39 is 12.5 Å². The van der Waals surface area contributed by atoms with Gasteiger partial charge in [-0.15, -0.1) is 0 Å². The third-order valence-corrected chi connectivity index (χ3v) is 5.72. The van der Waals surface area contributed by atoms with Crippen LogP contribution in [-0.2, 0) is 22.6 Å². The maximum Gasteiger partial charge on any atom is 0.323 e. The zero-order chi connectivity index (χ0) is 27.5. The smallest absolute Gasteiger partial charge is 0.323 e. The van der Waals surface area contributed by atoms with E-state index in [9.17, 15) is 19.2 Å². The van der Waals surface area contributed by atoms with Crippen LogP contribution in [0.1, 0.15) is 38.3 Å². The van der Waals surface area contributed by atoms with Crippen LogP contribution < -0.4 is 27.0 Å². The van der Waals surface area contributed by atoms with Gasteiger partial charge in [-0.25, -0.2) is 0 Å². The number of aliphatic carboxylic acids is 1. The molecule has 3 amide bonds. The molecule has 198 valence electrons. The molecule has 0 atom stereocenters. The van der Waals surface area contributed by atoms with Gasteiger partial charge < -0.3 is 21.9 Å². The monoisotopic (exact) mass is 517 g/mol. The van der Waals surface area contributed by atoms with Crippen LogP contribution in [0.2, 0.25) is 0 Å². The van der Waals surface area contributed by atoms with Crippen LogP contribution in [0, 0.1) is 0 Å². The maximum absolute atomic E-state index is 12.5. The summed E-state index contributed by atoms with van der Waals surface area (Å²) in [7, 11) is 0. The molecule has 10 heteroatoms. The molecule has 0 fully saturated rings. The second kappa shape index (κ2) is 13.7. The minimum absolute atomic E-state index is 0.162. The number of carbonyl (C=O) groups excluding carboxylic acids is 3. The molecule has 0 spiro atoms. The standard InChI is InChI=1S/C16H16N2O3.C12H15N3O2/c17-10-12-5-4-8-14(9-12)18(11-15(19)20)16(21)13-6-2-1-3-7-13;13-5-3-11(16)15-12(17)9-2-1-8-4-6-14-10(8)7-9/h1-9H,10-11,17H2,(H,19,20);1-2,7,14H,3-6,13H2,(H,15,16,17). The molecule has 0 unspecified atom stereocenters. The van der Waals surface area contributed by atoms with E-state index in [2.05, 4.69) is 10.6 Å². The zero-order valence-electron chi connectivity index (χ0n) is 20.9. The largest absolute Gasteiger partial charge is 0.480 e. The van der Waals surface area contributed by atoms with Crippen LogP contribution >= 0.6 is 0 Å². The van der Waals surface area contributed by atoms with Gasteiger partial charge in [-0.2, -0.15) is 0 Å². The van der Waals surface area contributed by atoms with Crippen LogP contribution in [-0.4, -0.2) is 48.4 Å². The van der Waals surface area contributed by atoms with Crippen molar-refractivity contribution in [2.75, 3.05) is 29.9 Å². The Hall–Kier alpha value is -4.54. The molecule has 10 nitrogen and oxygen atoms in total. The zero-order valence-corrected chi connectivity index (χ0v) is 20.9. The Balaban J connectivity index is 0.000000215. The van der Waals surface area contributed by atoms with Crippen molar-refractivity contribution in [1.82, 2.24) is 5.32 Å². The Morgan fingerprint density at radius 1 is 0.921 bits per heavy atom. The van der Waals surface area contributed by atoms with E-state index >= 15 is 0 Å². The Kier molecular flexibility index (Phi) is 10.1. The summed E-state index contributed by atoms with van der Waals surface area (Å²) in [4.78, 5) is 47.8. The molecule has 0 saturated heterocycles. The average Bonchev–Trinajstić information content (AvgIpc) is 3.40. The highest BCUT2D eigenvalue weighted by molar-refractivity contribution is 6.08. The summed E-state index contributed by atoms with van der Waals surface area (Å²) in [5, 5.41) is 14.5. The molecule has 0 bridgehead atoms. The molecule has 0 radical (unpaired) electrons. The predicted octanol–water partition coefficient (Wildman–Crippen LogP) is 2.14. The number of hydrogen-bond donors (Lipinski definition) is 5. The molecule has 1 aliphatic heterocycles. The van der Waals surface area contributed by atoms with Crippen molar-refractivity contribution >= 4 is 35.1 Å². The van der Waals surface area contributed by atoms with E-state index in [1.807, 2.05) is 12.1 Å². The molecule has 38 heavy (non-hydrogen) atoms. The second-order valence-corrected chi connectivity index (χ2v) is 8.49. The lowest BCUT2D eigenvalue weighted by Gasteiger charge is -2.21. The van der Waals surface area contributed by atoms with E-state index in [-0.39, 0.29) is 30.7 Å². The van der Waals surface area contributed by atoms with Gasteiger partial charge in [0.15, 0.2) is 0 Å². The molecule has 7 N–H and O–H groups in total. The SMILES string of the molecule is NCCC(=O)NC(=O)c1ccc2c(c1)NCC2.NCc1cccc(N(CC(=O)O)C(=O)c2ccccc2)c1. The summed E-state index contributed by atoms with van der Waals surface area (Å²) < 4.78 is 0. The van der Waals surface area contributed by atoms with Crippen molar-refractivity contribution in [2.24, 2.45) is 11.5 Å². The molecule has 3 aromatic carbocycles. The molecule has 3 aromatic rings. The summed E-state index contributed by atoms with van der Waals surface area (Å²) in [6.07, 6.45) is 1.14. The number of carboxylic acid groups (broad SMARTS) is 1. The minimum Gasteiger partial charge on any atom is -0.480 e. The lowest BCUT2D eigenvalue weighted by Crippen LogP contribution is -2.35. The van der Waals surface area contributed by atoms with Crippen molar-refractivity contribution in [1.29, 1.82) is 0 Å². The predicted molar refractivity (Wildman–Crippen MR) is 145 cm³/mol. The normalized spacial score (nSPS) is 11.3. The third-order valence-electron chi connectivity index (χ3n) is 5.72. The Morgan fingerprint density at radius 2 is 1.68 bits per heavy atom. The first kappa shape index (κ1) is 28.0. The van der Waals surface area contributed by atoms with E-state index in [1.54, 1.807) is 60.7 Å². The van der Waals surface area contributed by atoms with Crippen LogP contribution in [0.15, 0.2) is 72.8 Å². The number of carbonyl (C=O) groups is 4. The summed E-state index contributed by atoms with van der Waals surface area (Å²) >= 11 is 0.